The molecular formula is C19H22Zr. The van der Waals surface area contributed by atoms with Gasteiger partial charge in [0.25, 0.3) is 0 Å². The predicted molar refractivity (Wildman–Crippen MR) is 83.2 cm³/mol. The van der Waals surface area contributed by atoms with Gasteiger partial charge in [-0.1, -0.05) is 0 Å². The first-order valence-electron chi connectivity index (χ1n) is 7.45. The van der Waals surface area contributed by atoms with E-state index >= 15 is 0 Å². The molecule has 0 nitrogen and oxygen atoms in total. The van der Waals surface area contributed by atoms with Gasteiger partial charge in [-0.2, -0.15) is 0 Å². The molecule has 0 aliphatic heterocycles. The Kier molecular flexibility index (Phi) is 4.00. The van der Waals surface area contributed by atoms with Crippen molar-refractivity contribution in [1.29, 1.82) is 0 Å². The summed E-state index contributed by atoms with van der Waals surface area (Å²) >= 11 is -0.542. The van der Waals surface area contributed by atoms with E-state index in [0.717, 1.165) is 10.0 Å². The third-order valence-corrected chi connectivity index (χ3v) is 7.43. The van der Waals surface area contributed by atoms with Crippen LogP contribution in [0.1, 0.15) is 38.3 Å². The van der Waals surface area contributed by atoms with E-state index in [1.807, 2.05) is 0 Å². The Hall–Kier alpha value is -0.677. The van der Waals surface area contributed by atoms with Gasteiger partial charge in [-0.15, -0.1) is 0 Å². The average Bonchev–Trinajstić information content (AvgIpc) is 2.96. The molecule has 20 heavy (non-hydrogen) atoms. The van der Waals surface area contributed by atoms with Gasteiger partial charge in [0, 0.05) is 0 Å². The molecule has 1 aromatic rings. The zero-order valence-electron chi connectivity index (χ0n) is 12.6. The third-order valence-electron chi connectivity index (χ3n) is 3.80. The fourth-order valence-electron chi connectivity index (χ4n) is 2.99. The number of allylic oxidation sites excluding steroid dienone is 5. The molecule has 2 aliphatic carbocycles. The van der Waals surface area contributed by atoms with Crippen LogP contribution in [-0.4, -0.2) is 0 Å². The summed E-state index contributed by atoms with van der Waals surface area (Å²) in [5.41, 5.74) is 5.03. The summed E-state index contributed by atoms with van der Waals surface area (Å²) in [5, 5.41) is 0. The van der Waals surface area contributed by atoms with Crippen molar-refractivity contribution in [3.05, 3.63) is 65.3 Å². The van der Waals surface area contributed by atoms with Crippen LogP contribution in [0.2, 0.25) is 3.63 Å². The summed E-state index contributed by atoms with van der Waals surface area (Å²) < 4.78 is 2.46. The molecule has 0 heterocycles. The molecule has 0 aromatic heterocycles. The summed E-state index contributed by atoms with van der Waals surface area (Å²) in [4.78, 5) is 0. The SMILES string of the molecule is CC(C)(C)CC1=C[CH]([Zr][C]2=CCc3ccccc32)C=C1. The zero-order chi connectivity index (χ0) is 14.2. The first-order chi connectivity index (χ1) is 9.51. The van der Waals surface area contributed by atoms with E-state index in [2.05, 4.69) is 69.3 Å². The van der Waals surface area contributed by atoms with E-state index in [1.54, 1.807) is 14.4 Å². The van der Waals surface area contributed by atoms with Crippen molar-refractivity contribution in [1.82, 2.24) is 0 Å². The van der Waals surface area contributed by atoms with Gasteiger partial charge in [0.05, 0.1) is 0 Å². The Balaban J connectivity index is 1.68. The van der Waals surface area contributed by atoms with Gasteiger partial charge < -0.3 is 0 Å². The van der Waals surface area contributed by atoms with Crippen molar-refractivity contribution < 1.29 is 23.2 Å². The topological polar surface area (TPSA) is 0 Å². The molecular weight excluding hydrogens is 319 g/mol. The number of hydrogen-bond acceptors (Lipinski definition) is 0. The van der Waals surface area contributed by atoms with E-state index in [0.29, 0.717) is 5.41 Å². The van der Waals surface area contributed by atoms with E-state index in [9.17, 15) is 0 Å². The Morgan fingerprint density at radius 2 is 2.00 bits per heavy atom. The minimum absolute atomic E-state index is 0.398. The van der Waals surface area contributed by atoms with Gasteiger partial charge in [0.15, 0.2) is 0 Å². The number of benzene rings is 1. The second kappa shape index (κ2) is 5.60. The standard InChI is InChI=1S/C10H15.C9H7.Zr/c1-10(2,3)8-9-6-4-5-7-9;1-2-5-9-7-3-6-8(9)4-1;/h4-7H,8H2,1-3H3;1-5H,6H2;. The maximum atomic E-state index is 2.54. The average molecular weight is 342 g/mol. The van der Waals surface area contributed by atoms with E-state index < -0.39 is 23.2 Å². The molecule has 0 radical (unpaired) electrons. The van der Waals surface area contributed by atoms with Crippen LogP contribution in [0.15, 0.2) is 54.1 Å². The first kappa shape index (κ1) is 14.3. The van der Waals surface area contributed by atoms with Crippen LogP contribution in [-0.2, 0) is 29.7 Å². The summed E-state index contributed by atoms with van der Waals surface area (Å²) in [5.74, 6) is 0. The van der Waals surface area contributed by atoms with Gasteiger partial charge in [-0.3, -0.25) is 0 Å². The fraction of sp³-hybridized carbons (Fsp3) is 0.368. The quantitative estimate of drug-likeness (QED) is 0.692. The summed E-state index contributed by atoms with van der Waals surface area (Å²) in [6, 6.07) is 8.94. The van der Waals surface area contributed by atoms with E-state index in [1.165, 1.54) is 12.0 Å². The summed E-state index contributed by atoms with van der Waals surface area (Å²) in [6.45, 7) is 6.97. The zero-order valence-corrected chi connectivity index (χ0v) is 15.1. The Morgan fingerprint density at radius 1 is 1.20 bits per heavy atom. The normalized spacial score (nSPS) is 20.6. The van der Waals surface area contributed by atoms with Crippen LogP contribution in [0.4, 0.5) is 0 Å². The maximum absolute atomic E-state index is 2.54. The molecule has 1 unspecified atom stereocenters. The molecule has 0 bridgehead atoms. The van der Waals surface area contributed by atoms with Crippen molar-refractivity contribution in [2.24, 2.45) is 5.41 Å². The van der Waals surface area contributed by atoms with Gasteiger partial charge >= 0.3 is 134 Å². The van der Waals surface area contributed by atoms with Crippen LogP contribution in [0, 0.1) is 5.41 Å². The molecule has 0 fully saturated rings. The van der Waals surface area contributed by atoms with Crippen molar-refractivity contribution in [2.75, 3.05) is 0 Å². The molecule has 0 saturated heterocycles. The molecule has 1 aromatic carbocycles. The number of hydrogen-bond donors (Lipinski definition) is 0. The van der Waals surface area contributed by atoms with Crippen molar-refractivity contribution in [2.45, 2.75) is 37.2 Å². The molecule has 0 saturated carbocycles. The molecule has 2 aliphatic rings. The Bertz CT molecular complexity index is 596. The van der Waals surface area contributed by atoms with Crippen LogP contribution in [0.5, 0.6) is 0 Å². The molecule has 102 valence electrons. The van der Waals surface area contributed by atoms with Gasteiger partial charge in [0.1, 0.15) is 0 Å². The van der Waals surface area contributed by atoms with Crippen LogP contribution in [0.3, 0.4) is 0 Å². The van der Waals surface area contributed by atoms with Crippen molar-refractivity contribution in [3.63, 3.8) is 0 Å². The number of rotatable bonds is 3. The number of fused-ring (bicyclic) bond motifs is 1. The van der Waals surface area contributed by atoms with Gasteiger partial charge in [0.2, 0.25) is 0 Å². The monoisotopic (exact) mass is 340 g/mol. The predicted octanol–water partition coefficient (Wildman–Crippen LogP) is 5.39. The van der Waals surface area contributed by atoms with Crippen LogP contribution in [0.25, 0.3) is 3.28 Å². The third kappa shape index (κ3) is 3.31. The summed E-state index contributed by atoms with van der Waals surface area (Å²) in [6.07, 6.45) is 12.2. The second-order valence-corrected chi connectivity index (χ2v) is 10.7. The van der Waals surface area contributed by atoms with Gasteiger partial charge in [-0.05, 0) is 0 Å². The molecule has 0 N–H and O–H groups in total. The van der Waals surface area contributed by atoms with Gasteiger partial charge in [-0.25, -0.2) is 0 Å². The van der Waals surface area contributed by atoms with E-state index in [4.69, 9.17) is 0 Å². The summed E-state index contributed by atoms with van der Waals surface area (Å²) in [7, 11) is 0. The minimum atomic E-state index is -0.542. The molecule has 0 amide bonds. The molecule has 1 heteroatoms. The second-order valence-electron chi connectivity index (χ2n) is 6.99. The Morgan fingerprint density at radius 3 is 2.80 bits per heavy atom. The fourth-order valence-corrected chi connectivity index (χ4v) is 6.60. The Labute approximate surface area is 134 Å². The molecule has 0 spiro atoms. The van der Waals surface area contributed by atoms with E-state index in [-0.39, 0.29) is 0 Å². The first-order valence-corrected chi connectivity index (χ1v) is 10.1. The molecule has 1 atom stereocenters. The molecule has 3 rings (SSSR count). The van der Waals surface area contributed by atoms with Crippen LogP contribution >= 0.6 is 0 Å². The van der Waals surface area contributed by atoms with Crippen molar-refractivity contribution in [3.8, 4) is 0 Å². The van der Waals surface area contributed by atoms with Crippen LogP contribution < -0.4 is 0 Å². The van der Waals surface area contributed by atoms with Crippen molar-refractivity contribution >= 4 is 3.28 Å².